The second-order valence-corrected chi connectivity index (χ2v) is 6.51. The van der Waals surface area contributed by atoms with E-state index in [-0.39, 0.29) is 0 Å². The lowest BCUT2D eigenvalue weighted by Gasteiger charge is -2.23. The number of aliphatic hydroxyl groups is 1. The lowest BCUT2D eigenvalue weighted by Crippen LogP contribution is -2.26. The van der Waals surface area contributed by atoms with E-state index in [1.54, 1.807) is 0 Å². The Bertz CT molecular complexity index is 423. The predicted molar refractivity (Wildman–Crippen MR) is 83.5 cm³/mol. The average molecular weight is 327 g/mol. The second kappa shape index (κ2) is 6.73. The van der Waals surface area contributed by atoms with Gasteiger partial charge in [-0.15, -0.1) is 0 Å². The van der Waals surface area contributed by atoms with Crippen molar-refractivity contribution in [3.05, 3.63) is 28.2 Å². The van der Waals surface area contributed by atoms with Crippen LogP contribution in [0.2, 0.25) is 0 Å². The molecule has 4 heteroatoms. The average Bonchev–Trinajstić information content (AvgIpc) is 2.85. The Balaban J connectivity index is 2.15. The van der Waals surface area contributed by atoms with Crippen molar-refractivity contribution in [3.63, 3.8) is 0 Å². The van der Waals surface area contributed by atoms with E-state index in [1.807, 2.05) is 0 Å². The normalized spacial score (nSPS) is 19.4. The molecule has 19 heavy (non-hydrogen) atoms. The summed E-state index contributed by atoms with van der Waals surface area (Å²) in [6.07, 6.45) is 1.08. The van der Waals surface area contributed by atoms with Gasteiger partial charge < -0.3 is 15.3 Å². The van der Waals surface area contributed by atoms with Crippen LogP contribution in [-0.4, -0.2) is 30.8 Å². The second-order valence-electron chi connectivity index (χ2n) is 5.59. The highest BCUT2D eigenvalue weighted by molar-refractivity contribution is 9.10. The molecule has 0 aromatic heterocycles. The van der Waals surface area contributed by atoms with Crippen LogP contribution >= 0.6 is 15.9 Å². The quantitative estimate of drug-likeness (QED) is 0.873. The number of nitrogens with zero attached hydrogens (tertiary/aromatic N) is 1. The Morgan fingerprint density at radius 2 is 2.26 bits per heavy atom. The van der Waals surface area contributed by atoms with E-state index in [0.29, 0.717) is 18.6 Å². The third kappa shape index (κ3) is 3.94. The van der Waals surface area contributed by atoms with E-state index in [0.717, 1.165) is 30.5 Å². The smallest absolute Gasteiger partial charge is 0.0476 e. The number of aliphatic hydroxyl groups excluding tert-OH is 1. The molecule has 1 saturated heterocycles. The van der Waals surface area contributed by atoms with Gasteiger partial charge in [0.2, 0.25) is 0 Å². The van der Waals surface area contributed by atoms with Crippen molar-refractivity contribution in [1.82, 2.24) is 5.32 Å². The van der Waals surface area contributed by atoms with Crippen LogP contribution in [-0.2, 0) is 6.54 Å². The SMILES string of the molecule is CC(C)NCc1ccc(Br)cc1N1CCC(CO)C1. The maximum Gasteiger partial charge on any atom is 0.0476 e. The summed E-state index contributed by atoms with van der Waals surface area (Å²) in [5.41, 5.74) is 2.62. The third-order valence-electron chi connectivity index (χ3n) is 3.63. The molecule has 1 aliphatic rings. The zero-order chi connectivity index (χ0) is 13.8. The molecule has 1 fully saturated rings. The summed E-state index contributed by atoms with van der Waals surface area (Å²) in [5, 5.41) is 12.8. The van der Waals surface area contributed by atoms with E-state index in [4.69, 9.17) is 0 Å². The lowest BCUT2D eigenvalue weighted by atomic mass is 10.1. The maximum absolute atomic E-state index is 9.28. The maximum atomic E-state index is 9.28. The molecule has 0 saturated carbocycles. The molecule has 0 spiro atoms. The molecule has 1 unspecified atom stereocenters. The molecule has 0 aliphatic carbocycles. The van der Waals surface area contributed by atoms with Gasteiger partial charge in [-0.25, -0.2) is 0 Å². The minimum Gasteiger partial charge on any atom is -0.396 e. The molecule has 1 heterocycles. The monoisotopic (exact) mass is 326 g/mol. The number of anilines is 1. The van der Waals surface area contributed by atoms with Gasteiger partial charge in [-0.3, -0.25) is 0 Å². The first kappa shape index (κ1) is 14.8. The Morgan fingerprint density at radius 3 is 2.89 bits per heavy atom. The fourth-order valence-corrected chi connectivity index (χ4v) is 2.84. The molecule has 2 N–H and O–H groups in total. The van der Waals surface area contributed by atoms with Crippen LogP contribution < -0.4 is 10.2 Å². The topological polar surface area (TPSA) is 35.5 Å². The van der Waals surface area contributed by atoms with Gasteiger partial charge in [-0.1, -0.05) is 35.8 Å². The highest BCUT2D eigenvalue weighted by Gasteiger charge is 2.23. The molecule has 1 aliphatic heterocycles. The van der Waals surface area contributed by atoms with Crippen LogP contribution in [0.4, 0.5) is 5.69 Å². The van der Waals surface area contributed by atoms with Crippen LogP contribution in [0.15, 0.2) is 22.7 Å². The zero-order valence-electron chi connectivity index (χ0n) is 11.7. The zero-order valence-corrected chi connectivity index (χ0v) is 13.3. The van der Waals surface area contributed by atoms with Gasteiger partial charge in [0.1, 0.15) is 0 Å². The summed E-state index contributed by atoms with van der Waals surface area (Å²) in [6.45, 7) is 7.51. The molecule has 0 amide bonds. The van der Waals surface area contributed by atoms with Crippen LogP contribution in [0.1, 0.15) is 25.8 Å². The van der Waals surface area contributed by atoms with Gasteiger partial charge in [0.05, 0.1) is 0 Å². The van der Waals surface area contributed by atoms with E-state index < -0.39 is 0 Å². The van der Waals surface area contributed by atoms with Crippen molar-refractivity contribution >= 4 is 21.6 Å². The van der Waals surface area contributed by atoms with Gasteiger partial charge >= 0.3 is 0 Å². The minimum absolute atomic E-state index is 0.296. The number of hydrogen-bond acceptors (Lipinski definition) is 3. The number of hydrogen-bond donors (Lipinski definition) is 2. The van der Waals surface area contributed by atoms with Crippen LogP contribution in [0.3, 0.4) is 0 Å². The largest absolute Gasteiger partial charge is 0.396 e. The third-order valence-corrected chi connectivity index (χ3v) is 4.13. The van der Waals surface area contributed by atoms with E-state index in [9.17, 15) is 5.11 Å². The van der Waals surface area contributed by atoms with Crippen molar-refractivity contribution < 1.29 is 5.11 Å². The number of rotatable bonds is 5. The molecule has 3 nitrogen and oxygen atoms in total. The summed E-state index contributed by atoms with van der Waals surface area (Å²) in [6, 6.07) is 6.96. The summed E-state index contributed by atoms with van der Waals surface area (Å²) >= 11 is 3.56. The van der Waals surface area contributed by atoms with Gasteiger partial charge in [-0.2, -0.15) is 0 Å². The predicted octanol–water partition coefficient (Wildman–Crippen LogP) is 2.77. The van der Waals surface area contributed by atoms with Gasteiger partial charge in [-0.05, 0) is 24.1 Å². The molecule has 1 atom stereocenters. The fourth-order valence-electron chi connectivity index (χ4n) is 2.50. The highest BCUT2D eigenvalue weighted by Crippen LogP contribution is 2.29. The standard InChI is InChI=1S/C15H23BrN2O/c1-11(2)17-8-13-3-4-14(16)7-15(13)18-6-5-12(9-18)10-19/h3-4,7,11-12,17,19H,5-6,8-10H2,1-2H3. The Hall–Kier alpha value is -0.580. The first-order valence-corrected chi connectivity index (χ1v) is 7.77. The summed E-state index contributed by atoms with van der Waals surface area (Å²) in [5.74, 6) is 0.421. The number of benzene rings is 1. The molecule has 1 aromatic rings. The van der Waals surface area contributed by atoms with Crippen molar-refractivity contribution in [2.45, 2.75) is 32.9 Å². The van der Waals surface area contributed by atoms with Gasteiger partial charge in [0, 0.05) is 48.4 Å². The first-order chi connectivity index (χ1) is 9.10. The van der Waals surface area contributed by atoms with E-state index in [1.165, 1.54) is 11.3 Å². The molecule has 2 rings (SSSR count). The molecular weight excluding hydrogens is 304 g/mol. The molecule has 0 bridgehead atoms. The van der Waals surface area contributed by atoms with Crippen molar-refractivity contribution in [2.24, 2.45) is 5.92 Å². The fraction of sp³-hybridized carbons (Fsp3) is 0.600. The first-order valence-electron chi connectivity index (χ1n) is 6.97. The number of halogens is 1. The highest BCUT2D eigenvalue weighted by atomic mass is 79.9. The Kier molecular flexibility index (Phi) is 5.25. The summed E-state index contributed by atoms with van der Waals surface area (Å²) in [4.78, 5) is 2.39. The molecular formula is C15H23BrN2O. The van der Waals surface area contributed by atoms with Crippen LogP contribution in [0, 0.1) is 5.92 Å². The molecule has 1 aromatic carbocycles. The van der Waals surface area contributed by atoms with Gasteiger partial charge in [0.25, 0.3) is 0 Å². The minimum atomic E-state index is 0.296. The van der Waals surface area contributed by atoms with Gasteiger partial charge in [0.15, 0.2) is 0 Å². The van der Waals surface area contributed by atoms with Crippen LogP contribution in [0.25, 0.3) is 0 Å². The summed E-state index contributed by atoms with van der Waals surface area (Å²) in [7, 11) is 0. The Morgan fingerprint density at radius 1 is 1.47 bits per heavy atom. The summed E-state index contributed by atoms with van der Waals surface area (Å²) < 4.78 is 1.11. The van der Waals surface area contributed by atoms with Crippen molar-refractivity contribution in [2.75, 3.05) is 24.6 Å². The van der Waals surface area contributed by atoms with E-state index in [2.05, 4.69) is 58.2 Å². The van der Waals surface area contributed by atoms with Crippen LogP contribution in [0.5, 0.6) is 0 Å². The lowest BCUT2D eigenvalue weighted by molar-refractivity contribution is 0.238. The molecule has 0 radical (unpaired) electrons. The van der Waals surface area contributed by atoms with Crippen molar-refractivity contribution in [1.29, 1.82) is 0 Å². The van der Waals surface area contributed by atoms with Crippen molar-refractivity contribution in [3.8, 4) is 0 Å². The molecule has 106 valence electrons. The number of nitrogens with one attached hydrogen (secondary N) is 1. The van der Waals surface area contributed by atoms with E-state index >= 15 is 0 Å². The Labute approximate surface area is 124 Å².